The summed E-state index contributed by atoms with van der Waals surface area (Å²) >= 11 is 0. The first-order valence-corrected chi connectivity index (χ1v) is 8.75. The molecular weight excluding hydrogens is 334 g/mol. The number of carboxylic acids is 1. The van der Waals surface area contributed by atoms with Crippen LogP contribution in [0.4, 0.5) is 0 Å². The van der Waals surface area contributed by atoms with Gasteiger partial charge in [-0.15, -0.1) is 0 Å². The van der Waals surface area contributed by atoms with Crippen molar-refractivity contribution in [2.45, 2.75) is 19.8 Å². The molecule has 1 saturated heterocycles. The Kier molecular flexibility index (Phi) is 5.68. The molecule has 1 aliphatic rings. The van der Waals surface area contributed by atoms with Crippen molar-refractivity contribution in [3.05, 3.63) is 47.8 Å². The minimum absolute atomic E-state index is 0.0342. The fraction of sp³-hybridized carbons (Fsp3) is 0.421. The van der Waals surface area contributed by atoms with Crippen molar-refractivity contribution >= 4 is 11.9 Å². The molecule has 1 aliphatic heterocycles. The van der Waals surface area contributed by atoms with Gasteiger partial charge in [0.15, 0.2) is 0 Å². The van der Waals surface area contributed by atoms with E-state index in [2.05, 4.69) is 10.4 Å². The first kappa shape index (κ1) is 18.1. The third kappa shape index (κ3) is 4.29. The van der Waals surface area contributed by atoms with E-state index in [1.165, 1.54) is 0 Å². The number of amides is 1. The summed E-state index contributed by atoms with van der Waals surface area (Å²) in [5, 5.41) is 16.5. The van der Waals surface area contributed by atoms with Crippen molar-refractivity contribution in [1.82, 2.24) is 15.1 Å². The van der Waals surface area contributed by atoms with Crippen molar-refractivity contribution in [3.63, 3.8) is 0 Å². The van der Waals surface area contributed by atoms with Crippen molar-refractivity contribution in [2.24, 2.45) is 11.8 Å². The van der Waals surface area contributed by atoms with Gasteiger partial charge in [0.2, 0.25) is 0 Å². The standard InChI is InChI=1S/C19H23N3O4/c1-13-10-21-22(12-13)16-4-2-15(3-5-16)18(23)20-11-17(19(24)25)14-6-8-26-9-7-14/h2-5,10,12,14,17H,6-9,11H2,1H3,(H,20,23)(H,24,25). The van der Waals surface area contributed by atoms with Gasteiger partial charge in [0, 0.05) is 31.5 Å². The van der Waals surface area contributed by atoms with Crippen LogP contribution in [0.2, 0.25) is 0 Å². The fourth-order valence-electron chi connectivity index (χ4n) is 3.20. The van der Waals surface area contributed by atoms with E-state index >= 15 is 0 Å². The van der Waals surface area contributed by atoms with Crippen LogP contribution in [0.15, 0.2) is 36.7 Å². The molecule has 138 valence electrons. The van der Waals surface area contributed by atoms with Crippen LogP contribution in [-0.2, 0) is 9.53 Å². The second-order valence-corrected chi connectivity index (χ2v) is 6.61. The number of aryl methyl sites for hydroxylation is 1. The number of carbonyl (C=O) groups excluding carboxylic acids is 1. The van der Waals surface area contributed by atoms with Crippen LogP contribution in [-0.4, -0.2) is 46.5 Å². The van der Waals surface area contributed by atoms with Crippen molar-refractivity contribution in [3.8, 4) is 5.69 Å². The van der Waals surface area contributed by atoms with Crippen LogP contribution in [0.5, 0.6) is 0 Å². The molecule has 1 aromatic heterocycles. The molecule has 1 fully saturated rings. The Balaban J connectivity index is 1.60. The van der Waals surface area contributed by atoms with Gasteiger partial charge in [-0.2, -0.15) is 5.10 Å². The predicted octanol–water partition coefficient (Wildman–Crippen LogP) is 2.04. The highest BCUT2D eigenvalue weighted by Gasteiger charge is 2.30. The number of hydrogen-bond donors (Lipinski definition) is 2. The number of benzene rings is 1. The van der Waals surface area contributed by atoms with Gasteiger partial charge in [0.1, 0.15) is 0 Å². The van der Waals surface area contributed by atoms with E-state index in [0.29, 0.717) is 31.6 Å². The van der Waals surface area contributed by atoms with E-state index in [1.807, 2.05) is 25.3 Å². The van der Waals surface area contributed by atoms with Crippen LogP contribution in [0, 0.1) is 18.8 Å². The monoisotopic (exact) mass is 357 g/mol. The summed E-state index contributed by atoms with van der Waals surface area (Å²) in [4.78, 5) is 23.9. The zero-order valence-electron chi connectivity index (χ0n) is 14.7. The molecule has 3 rings (SSSR count). The molecule has 0 radical (unpaired) electrons. The first-order valence-electron chi connectivity index (χ1n) is 8.75. The van der Waals surface area contributed by atoms with E-state index in [1.54, 1.807) is 23.0 Å². The lowest BCUT2D eigenvalue weighted by Crippen LogP contribution is -2.39. The third-order valence-corrected chi connectivity index (χ3v) is 4.74. The van der Waals surface area contributed by atoms with Crippen LogP contribution < -0.4 is 5.32 Å². The quantitative estimate of drug-likeness (QED) is 0.825. The number of hydrogen-bond acceptors (Lipinski definition) is 4. The van der Waals surface area contributed by atoms with Gasteiger partial charge in [-0.05, 0) is 55.5 Å². The summed E-state index contributed by atoms with van der Waals surface area (Å²) in [6, 6.07) is 7.06. The van der Waals surface area contributed by atoms with Crippen molar-refractivity contribution < 1.29 is 19.4 Å². The van der Waals surface area contributed by atoms with Gasteiger partial charge in [0.05, 0.1) is 17.8 Å². The van der Waals surface area contributed by atoms with Crippen LogP contribution in [0.3, 0.4) is 0 Å². The summed E-state index contributed by atoms with van der Waals surface area (Å²) in [6.45, 7) is 3.25. The normalized spacial score (nSPS) is 16.2. The molecule has 7 nitrogen and oxygen atoms in total. The number of ether oxygens (including phenoxy) is 1. The van der Waals surface area contributed by atoms with Crippen LogP contribution in [0.1, 0.15) is 28.8 Å². The maximum absolute atomic E-state index is 12.4. The lowest BCUT2D eigenvalue weighted by molar-refractivity contribution is -0.144. The van der Waals surface area contributed by atoms with Crippen molar-refractivity contribution in [2.75, 3.05) is 19.8 Å². The van der Waals surface area contributed by atoms with Crippen LogP contribution in [0.25, 0.3) is 5.69 Å². The minimum Gasteiger partial charge on any atom is -0.481 e. The van der Waals surface area contributed by atoms with E-state index in [0.717, 1.165) is 11.3 Å². The Morgan fingerprint density at radius 1 is 1.31 bits per heavy atom. The minimum atomic E-state index is -0.874. The van der Waals surface area contributed by atoms with Gasteiger partial charge in [-0.1, -0.05) is 0 Å². The van der Waals surface area contributed by atoms with E-state index in [4.69, 9.17) is 4.74 Å². The molecule has 1 atom stereocenters. The number of aliphatic carboxylic acids is 1. The maximum atomic E-state index is 12.4. The topological polar surface area (TPSA) is 93.5 Å². The zero-order chi connectivity index (χ0) is 18.5. The molecule has 26 heavy (non-hydrogen) atoms. The van der Waals surface area contributed by atoms with E-state index in [9.17, 15) is 14.7 Å². The molecule has 2 N–H and O–H groups in total. The average molecular weight is 357 g/mol. The van der Waals surface area contributed by atoms with Gasteiger partial charge < -0.3 is 15.2 Å². The Bertz CT molecular complexity index is 763. The number of nitrogens with one attached hydrogen (secondary N) is 1. The van der Waals surface area contributed by atoms with Gasteiger partial charge >= 0.3 is 5.97 Å². The Hall–Kier alpha value is -2.67. The molecule has 0 aliphatic carbocycles. The second-order valence-electron chi connectivity index (χ2n) is 6.61. The summed E-state index contributed by atoms with van der Waals surface area (Å²) in [7, 11) is 0. The fourth-order valence-corrected chi connectivity index (χ4v) is 3.20. The zero-order valence-corrected chi connectivity index (χ0v) is 14.7. The average Bonchev–Trinajstić information content (AvgIpc) is 3.09. The first-order chi connectivity index (χ1) is 12.5. The molecule has 2 heterocycles. The lowest BCUT2D eigenvalue weighted by atomic mass is 9.86. The maximum Gasteiger partial charge on any atom is 0.308 e. The predicted molar refractivity (Wildman–Crippen MR) is 95.3 cm³/mol. The summed E-state index contributed by atoms with van der Waals surface area (Å²) in [5.74, 6) is -1.70. The lowest BCUT2D eigenvalue weighted by Gasteiger charge is -2.27. The van der Waals surface area contributed by atoms with Crippen molar-refractivity contribution in [1.29, 1.82) is 0 Å². The SMILES string of the molecule is Cc1cnn(-c2ccc(C(=O)NCC(C(=O)O)C3CCOCC3)cc2)c1. The highest BCUT2D eigenvalue weighted by molar-refractivity contribution is 5.94. The summed E-state index contributed by atoms with van der Waals surface area (Å²) in [5.41, 5.74) is 2.41. The summed E-state index contributed by atoms with van der Waals surface area (Å²) < 4.78 is 7.03. The van der Waals surface area contributed by atoms with Crippen LogP contribution >= 0.6 is 0 Å². The third-order valence-electron chi connectivity index (χ3n) is 4.74. The van der Waals surface area contributed by atoms with Gasteiger partial charge in [-0.25, -0.2) is 4.68 Å². The smallest absolute Gasteiger partial charge is 0.308 e. The molecular formula is C19H23N3O4. The molecule has 7 heteroatoms. The Labute approximate surface area is 152 Å². The molecule has 0 saturated carbocycles. The van der Waals surface area contributed by atoms with E-state index < -0.39 is 11.9 Å². The Morgan fingerprint density at radius 3 is 2.58 bits per heavy atom. The largest absolute Gasteiger partial charge is 0.481 e. The molecule has 1 amide bonds. The summed E-state index contributed by atoms with van der Waals surface area (Å²) in [6.07, 6.45) is 5.10. The molecule has 0 spiro atoms. The molecule has 1 unspecified atom stereocenters. The number of carboxylic acid groups (broad SMARTS) is 1. The second kappa shape index (κ2) is 8.14. The number of rotatable bonds is 6. The highest BCUT2D eigenvalue weighted by Crippen LogP contribution is 2.24. The van der Waals surface area contributed by atoms with Gasteiger partial charge in [0.25, 0.3) is 5.91 Å². The van der Waals surface area contributed by atoms with E-state index in [-0.39, 0.29) is 18.4 Å². The molecule has 2 aromatic rings. The number of carbonyl (C=O) groups is 2. The highest BCUT2D eigenvalue weighted by atomic mass is 16.5. The number of nitrogens with zero attached hydrogens (tertiary/aromatic N) is 2. The molecule has 0 bridgehead atoms. The number of aromatic nitrogens is 2. The van der Waals surface area contributed by atoms with Gasteiger partial charge in [-0.3, -0.25) is 9.59 Å². The Morgan fingerprint density at radius 2 is 2.00 bits per heavy atom. The molecule has 1 aromatic carbocycles.